The molecular weight excluding hydrogens is 250 g/mol. The fourth-order valence-corrected chi connectivity index (χ4v) is 2.72. The summed E-state index contributed by atoms with van der Waals surface area (Å²) in [6.07, 6.45) is 2.35. The number of benzene rings is 1. The summed E-state index contributed by atoms with van der Waals surface area (Å²) in [5.41, 5.74) is 2.74. The molecule has 0 saturated carbocycles. The van der Waals surface area contributed by atoms with Crippen molar-refractivity contribution >= 4 is 0 Å². The van der Waals surface area contributed by atoms with Crippen LogP contribution in [0, 0.1) is 0 Å². The molecule has 0 radical (unpaired) electrons. The van der Waals surface area contributed by atoms with Crippen LogP contribution in [0.5, 0.6) is 5.75 Å². The highest BCUT2D eigenvalue weighted by Gasteiger charge is 2.11. The van der Waals surface area contributed by atoms with E-state index in [1.54, 1.807) is 7.11 Å². The SMILES string of the molecule is COc1ccc(CCCN2CCOCC2)cc1C(C)C. The molecule has 1 aliphatic rings. The monoisotopic (exact) mass is 277 g/mol. The number of ether oxygens (including phenoxy) is 2. The summed E-state index contributed by atoms with van der Waals surface area (Å²) in [6.45, 7) is 9.55. The van der Waals surface area contributed by atoms with Gasteiger partial charge in [0, 0.05) is 13.1 Å². The Balaban J connectivity index is 1.87. The smallest absolute Gasteiger partial charge is 0.122 e. The molecule has 0 amide bonds. The number of methoxy groups -OCH3 is 1. The van der Waals surface area contributed by atoms with Gasteiger partial charge < -0.3 is 9.47 Å². The first-order valence-electron chi connectivity index (χ1n) is 7.67. The molecule has 20 heavy (non-hydrogen) atoms. The molecule has 1 saturated heterocycles. The standard InChI is InChI=1S/C17H27NO2/c1-14(2)16-13-15(6-7-17(16)19-3)5-4-8-18-9-11-20-12-10-18/h6-7,13-14H,4-5,8-12H2,1-3H3. The summed E-state index contributed by atoms with van der Waals surface area (Å²) in [6, 6.07) is 6.62. The van der Waals surface area contributed by atoms with Crippen LogP contribution in [0.1, 0.15) is 37.3 Å². The van der Waals surface area contributed by atoms with Gasteiger partial charge in [0.05, 0.1) is 20.3 Å². The van der Waals surface area contributed by atoms with Gasteiger partial charge in [0.2, 0.25) is 0 Å². The fourth-order valence-electron chi connectivity index (χ4n) is 2.72. The summed E-state index contributed by atoms with van der Waals surface area (Å²) in [5.74, 6) is 1.51. The molecule has 0 aliphatic carbocycles. The number of aryl methyl sites for hydroxylation is 1. The average molecular weight is 277 g/mol. The van der Waals surface area contributed by atoms with Crippen molar-refractivity contribution in [3.8, 4) is 5.75 Å². The third kappa shape index (κ3) is 4.22. The van der Waals surface area contributed by atoms with Crippen LogP contribution < -0.4 is 4.74 Å². The normalized spacial score (nSPS) is 16.6. The topological polar surface area (TPSA) is 21.7 Å². The second kappa shape index (κ2) is 7.65. The number of nitrogens with zero attached hydrogens (tertiary/aromatic N) is 1. The van der Waals surface area contributed by atoms with E-state index in [0.717, 1.165) is 38.5 Å². The fraction of sp³-hybridized carbons (Fsp3) is 0.647. The lowest BCUT2D eigenvalue weighted by atomic mass is 9.98. The van der Waals surface area contributed by atoms with E-state index in [4.69, 9.17) is 9.47 Å². The maximum Gasteiger partial charge on any atom is 0.122 e. The third-order valence-electron chi connectivity index (χ3n) is 3.96. The molecule has 0 atom stereocenters. The van der Waals surface area contributed by atoms with E-state index < -0.39 is 0 Å². The first-order chi connectivity index (χ1) is 9.70. The van der Waals surface area contributed by atoms with Gasteiger partial charge in [-0.2, -0.15) is 0 Å². The molecule has 3 heteroatoms. The maximum absolute atomic E-state index is 5.44. The van der Waals surface area contributed by atoms with Gasteiger partial charge in [-0.3, -0.25) is 4.90 Å². The zero-order valence-electron chi connectivity index (χ0n) is 13.0. The molecule has 1 aliphatic heterocycles. The van der Waals surface area contributed by atoms with Gasteiger partial charge >= 0.3 is 0 Å². The minimum absolute atomic E-state index is 0.504. The van der Waals surface area contributed by atoms with Crippen LogP contribution in [0.4, 0.5) is 0 Å². The average Bonchev–Trinajstić information content (AvgIpc) is 2.48. The summed E-state index contributed by atoms with van der Waals surface area (Å²) in [7, 11) is 1.75. The van der Waals surface area contributed by atoms with Crippen LogP contribution in [-0.2, 0) is 11.2 Å². The molecule has 1 aromatic carbocycles. The maximum atomic E-state index is 5.44. The summed E-state index contributed by atoms with van der Waals surface area (Å²) in [4.78, 5) is 2.50. The lowest BCUT2D eigenvalue weighted by Crippen LogP contribution is -2.36. The first kappa shape index (κ1) is 15.3. The van der Waals surface area contributed by atoms with Gasteiger partial charge in [-0.15, -0.1) is 0 Å². The predicted octanol–water partition coefficient (Wildman–Crippen LogP) is 3.08. The van der Waals surface area contributed by atoms with E-state index in [2.05, 4.69) is 36.9 Å². The highest BCUT2D eigenvalue weighted by Crippen LogP contribution is 2.27. The van der Waals surface area contributed by atoms with Gasteiger partial charge in [0.25, 0.3) is 0 Å². The third-order valence-corrected chi connectivity index (χ3v) is 3.96. The van der Waals surface area contributed by atoms with Crippen molar-refractivity contribution in [2.24, 2.45) is 0 Å². The number of hydrogen-bond donors (Lipinski definition) is 0. The molecule has 0 bridgehead atoms. The summed E-state index contributed by atoms with van der Waals surface area (Å²) >= 11 is 0. The Hall–Kier alpha value is -1.06. The Labute approximate surface area is 122 Å². The first-order valence-corrected chi connectivity index (χ1v) is 7.67. The van der Waals surface area contributed by atoms with E-state index in [1.807, 2.05) is 0 Å². The minimum Gasteiger partial charge on any atom is -0.496 e. The lowest BCUT2D eigenvalue weighted by molar-refractivity contribution is 0.0374. The molecular formula is C17H27NO2. The Kier molecular flexibility index (Phi) is 5.86. The van der Waals surface area contributed by atoms with Crippen LogP contribution in [0.15, 0.2) is 18.2 Å². The van der Waals surface area contributed by atoms with E-state index in [1.165, 1.54) is 24.1 Å². The molecule has 1 heterocycles. The highest BCUT2D eigenvalue weighted by molar-refractivity contribution is 5.39. The van der Waals surface area contributed by atoms with Gasteiger partial charge in [-0.25, -0.2) is 0 Å². The zero-order valence-corrected chi connectivity index (χ0v) is 13.0. The second-order valence-corrected chi connectivity index (χ2v) is 5.79. The Morgan fingerprint density at radius 1 is 1.25 bits per heavy atom. The van der Waals surface area contributed by atoms with Gasteiger partial charge in [-0.1, -0.05) is 26.0 Å². The molecule has 1 aromatic rings. The van der Waals surface area contributed by atoms with Gasteiger partial charge in [0.15, 0.2) is 0 Å². The van der Waals surface area contributed by atoms with Crippen molar-refractivity contribution in [1.29, 1.82) is 0 Å². The Morgan fingerprint density at radius 3 is 2.65 bits per heavy atom. The molecule has 3 nitrogen and oxygen atoms in total. The minimum atomic E-state index is 0.504. The summed E-state index contributed by atoms with van der Waals surface area (Å²) in [5, 5.41) is 0. The molecule has 0 N–H and O–H groups in total. The van der Waals surface area contributed by atoms with Crippen molar-refractivity contribution in [3.05, 3.63) is 29.3 Å². The van der Waals surface area contributed by atoms with Crippen molar-refractivity contribution in [2.45, 2.75) is 32.6 Å². The molecule has 1 fully saturated rings. The van der Waals surface area contributed by atoms with Crippen molar-refractivity contribution in [1.82, 2.24) is 4.90 Å². The number of hydrogen-bond acceptors (Lipinski definition) is 3. The zero-order chi connectivity index (χ0) is 14.4. The highest BCUT2D eigenvalue weighted by atomic mass is 16.5. The Morgan fingerprint density at radius 2 is 2.00 bits per heavy atom. The molecule has 112 valence electrons. The van der Waals surface area contributed by atoms with Crippen molar-refractivity contribution < 1.29 is 9.47 Å². The quantitative estimate of drug-likeness (QED) is 0.797. The van der Waals surface area contributed by atoms with Crippen LogP contribution in [-0.4, -0.2) is 44.9 Å². The van der Waals surface area contributed by atoms with E-state index >= 15 is 0 Å². The van der Waals surface area contributed by atoms with E-state index in [0.29, 0.717) is 5.92 Å². The number of rotatable bonds is 6. The second-order valence-electron chi connectivity index (χ2n) is 5.79. The number of morpholine rings is 1. The van der Waals surface area contributed by atoms with Crippen molar-refractivity contribution in [2.75, 3.05) is 40.0 Å². The van der Waals surface area contributed by atoms with Crippen molar-refractivity contribution in [3.63, 3.8) is 0 Å². The van der Waals surface area contributed by atoms with E-state index in [-0.39, 0.29) is 0 Å². The van der Waals surface area contributed by atoms with Gasteiger partial charge in [0.1, 0.15) is 5.75 Å². The molecule has 0 unspecified atom stereocenters. The molecule has 0 spiro atoms. The molecule has 0 aromatic heterocycles. The van der Waals surface area contributed by atoms with Crippen LogP contribution in [0.2, 0.25) is 0 Å². The van der Waals surface area contributed by atoms with E-state index in [9.17, 15) is 0 Å². The van der Waals surface area contributed by atoms with Crippen LogP contribution in [0.3, 0.4) is 0 Å². The molecule has 2 rings (SSSR count). The summed E-state index contributed by atoms with van der Waals surface area (Å²) < 4.78 is 10.8. The Bertz CT molecular complexity index is 411. The van der Waals surface area contributed by atoms with Crippen LogP contribution >= 0.6 is 0 Å². The van der Waals surface area contributed by atoms with Crippen LogP contribution in [0.25, 0.3) is 0 Å². The van der Waals surface area contributed by atoms with Gasteiger partial charge in [-0.05, 0) is 42.5 Å². The predicted molar refractivity (Wildman–Crippen MR) is 82.7 cm³/mol. The lowest BCUT2D eigenvalue weighted by Gasteiger charge is -2.26. The largest absolute Gasteiger partial charge is 0.496 e.